The summed E-state index contributed by atoms with van der Waals surface area (Å²) in [6.07, 6.45) is 0.0955. The minimum absolute atomic E-state index is 0.0955. The Morgan fingerprint density at radius 3 is 2.67 bits per heavy atom. The van der Waals surface area contributed by atoms with Gasteiger partial charge < -0.3 is 4.74 Å². The van der Waals surface area contributed by atoms with Crippen molar-refractivity contribution in [1.29, 1.82) is 0 Å². The Morgan fingerprint density at radius 1 is 1.33 bits per heavy atom. The first-order valence-electron chi connectivity index (χ1n) is 3.97. The van der Waals surface area contributed by atoms with E-state index in [1.54, 1.807) is 0 Å². The van der Waals surface area contributed by atoms with Gasteiger partial charge in [0.1, 0.15) is 6.23 Å². The van der Waals surface area contributed by atoms with Crippen LogP contribution in [0.15, 0.2) is 28.7 Å². The molecule has 0 radical (unpaired) electrons. The molecule has 1 atom stereocenters. The molecule has 0 aliphatic carbocycles. The maximum Gasteiger partial charge on any atom is 0.134 e. The van der Waals surface area contributed by atoms with E-state index in [1.807, 2.05) is 12.1 Å². The summed E-state index contributed by atoms with van der Waals surface area (Å²) >= 11 is 3.39. The van der Waals surface area contributed by atoms with Crippen molar-refractivity contribution >= 4 is 15.9 Å². The molecule has 0 spiro atoms. The molecule has 1 fully saturated rings. The zero-order valence-corrected chi connectivity index (χ0v) is 8.17. The fraction of sp³-hybridized carbons (Fsp3) is 0.333. The van der Waals surface area contributed by atoms with Crippen molar-refractivity contribution in [3.8, 4) is 0 Å². The lowest BCUT2D eigenvalue weighted by Gasteiger charge is -2.09. The molecule has 1 saturated heterocycles. The van der Waals surface area contributed by atoms with Gasteiger partial charge in [-0.15, -0.1) is 0 Å². The van der Waals surface area contributed by atoms with Crippen LogP contribution in [0.3, 0.4) is 0 Å². The van der Waals surface area contributed by atoms with E-state index in [0.29, 0.717) is 0 Å². The Bertz CT molecular complexity index is 254. The van der Waals surface area contributed by atoms with Crippen LogP contribution in [0.5, 0.6) is 0 Å². The topological polar surface area (TPSA) is 21.3 Å². The van der Waals surface area contributed by atoms with Gasteiger partial charge in [0, 0.05) is 11.0 Å². The molecule has 0 aromatic heterocycles. The van der Waals surface area contributed by atoms with Crippen LogP contribution in [0.2, 0.25) is 0 Å². The predicted octanol–water partition coefficient (Wildman–Crippen LogP) is 2.07. The van der Waals surface area contributed by atoms with Gasteiger partial charge in [-0.1, -0.05) is 28.1 Å². The maximum absolute atomic E-state index is 5.45. The van der Waals surface area contributed by atoms with Crippen molar-refractivity contribution in [2.24, 2.45) is 0 Å². The number of rotatable bonds is 1. The molecular weight excluding hydrogens is 218 g/mol. The average Bonchev–Trinajstić information content (AvgIpc) is 2.58. The van der Waals surface area contributed by atoms with Crippen LogP contribution in [0.1, 0.15) is 11.8 Å². The highest BCUT2D eigenvalue weighted by molar-refractivity contribution is 9.10. The second-order valence-corrected chi connectivity index (χ2v) is 3.67. The van der Waals surface area contributed by atoms with Gasteiger partial charge in [-0.2, -0.15) is 0 Å². The van der Waals surface area contributed by atoms with Gasteiger partial charge in [-0.25, -0.2) is 0 Å². The Morgan fingerprint density at radius 2 is 2.08 bits per heavy atom. The van der Waals surface area contributed by atoms with E-state index in [9.17, 15) is 0 Å². The van der Waals surface area contributed by atoms with Crippen LogP contribution in [0.25, 0.3) is 0 Å². The second kappa shape index (κ2) is 3.56. The first-order chi connectivity index (χ1) is 5.86. The van der Waals surface area contributed by atoms with Crippen LogP contribution in [0.4, 0.5) is 0 Å². The van der Waals surface area contributed by atoms with E-state index < -0.39 is 0 Å². The molecule has 1 N–H and O–H groups in total. The molecule has 1 aromatic carbocycles. The van der Waals surface area contributed by atoms with Crippen LogP contribution < -0.4 is 5.32 Å². The Kier molecular flexibility index (Phi) is 2.44. The van der Waals surface area contributed by atoms with E-state index in [4.69, 9.17) is 4.74 Å². The lowest BCUT2D eigenvalue weighted by atomic mass is 10.2. The second-order valence-electron chi connectivity index (χ2n) is 2.76. The third kappa shape index (κ3) is 1.68. The summed E-state index contributed by atoms with van der Waals surface area (Å²) in [4.78, 5) is 0. The summed E-state index contributed by atoms with van der Waals surface area (Å²) < 4.78 is 6.55. The zero-order valence-electron chi connectivity index (χ0n) is 6.59. The fourth-order valence-corrected chi connectivity index (χ4v) is 1.54. The van der Waals surface area contributed by atoms with Crippen molar-refractivity contribution in [3.63, 3.8) is 0 Å². The maximum atomic E-state index is 5.45. The predicted molar refractivity (Wildman–Crippen MR) is 50.8 cm³/mol. The van der Waals surface area contributed by atoms with Crippen LogP contribution >= 0.6 is 15.9 Å². The van der Waals surface area contributed by atoms with Crippen LogP contribution in [-0.2, 0) is 4.74 Å². The highest BCUT2D eigenvalue weighted by Crippen LogP contribution is 2.19. The minimum Gasteiger partial charge on any atom is -0.358 e. The summed E-state index contributed by atoms with van der Waals surface area (Å²) in [7, 11) is 0. The Labute approximate surface area is 80.1 Å². The average molecular weight is 228 g/mol. The number of ether oxygens (including phenoxy) is 1. The molecule has 1 aliphatic heterocycles. The summed E-state index contributed by atoms with van der Waals surface area (Å²) in [5, 5.41) is 3.25. The normalized spacial score (nSPS) is 22.9. The van der Waals surface area contributed by atoms with Crippen LogP contribution in [0, 0.1) is 0 Å². The highest BCUT2D eigenvalue weighted by Gasteiger charge is 2.15. The van der Waals surface area contributed by atoms with Crippen LogP contribution in [-0.4, -0.2) is 13.2 Å². The lowest BCUT2D eigenvalue weighted by molar-refractivity contribution is 0.102. The number of nitrogens with one attached hydrogen (secondary N) is 1. The van der Waals surface area contributed by atoms with Crippen molar-refractivity contribution < 1.29 is 4.74 Å². The lowest BCUT2D eigenvalue weighted by Crippen LogP contribution is -2.13. The fourth-order valence-electron chi connectivity index (χ4n) is 1.28. The summed E-state index contributed by atoms with van der Waals surface area (Å²) in [5.41, 5.74) is 1.19. The summed E-state index contributed by atoms with van der Waals surface area (Å²) in [6.45, 7) is 1.75. The SMILES string of the molecule is Brc1ccc(C2NCCO2)cc1. The Balaban J connectivity index is 2.17. The van der Waals surface area contributed by atoms with Gasteiger partial charge in [0.2, 0.25) is 0 Å². The van der Waals surface area contributed by atoms with Gasteiger partial charge in [0.05, 0.1) is 6.61 Å². The number of halogens is 1. The first-order valence-corrected chi connectivity index (χ1v) is 4.76. The number of hydrogen-bond acceptors (Lipinski definition) is 2. The van der Waals surface area contributed by atoms with Gasteiger partial charge in [-0.05, 0) is 17.7 Å². The van der Waals surface area contributed by atoms with E-state index >= 15 is 0 Å². The molecule has 12 heavy (non-hydrogen) atoms. The van der Waals surface area contributed by atoms with E-state index in [0.717, 1.165) is 17.6 Å². The molecule has 64 valence electrons. The monoisotopic (exact) mass is 227 g/mol. The molecule has 0 amide bonds. The number of benzene rings is 1. The first kappa shape index (κ1) is 8.23. The van der Waals surface area contributed by atoms with Gasteiger partial charge in [0.15, 0.2) is 0 Å². The summed E-state index contributed by atoms with van der Waals surface area (Å²) in [5.74, 6) is 0. The van der Waals surface area contributed by atoms with Crippen molar-refractivity contribution in [3.05, 3.63) is 34.3 Å². The van der Waals surface area contributed by atoms with Gasteiger partial charge >= 0.3 is 0 Å². The van der Waals surface area contributed by atoms with Gasteiger partial charge in [0.25, 0.3) is 0 Å². The molecule has 2 nitrogen and oxygen atoms in total. The minimum atomic E-state index is 0.0955. The molecular formula is C9H10BrNO. The van der Waals surface area contributed by atoms with E-state index in [1.165, 1.54) is 5.56 Å². The summed E-state index contributed by atoms with van der Waals surface area (Å²) in [6, 6.07) is 8.18. The molecule has 1 unspecified atom stereocenters. The molecule has 0 saturated carbocycles. The third-order valence-corrected chi connectivity index (χ3v) is 2.42. The molecule has 3 heteroatoms. The number of hydrogen-bond donors (Lipinski definition) is 1. The molecule has 0 bridgehead atoms. The molecule has 1 aromatic rings. The van der Waals surface area contributed by atoms with Gasteiger partial charge in [-0.3, -0.25) is 5.32 Å². The van der Waals surface area contributed by atoms with Crippen molar-refractivity contribution in [2.75, 3.05) is 13.2 Å². The molecule has 1 heterocycles. The highest BCUT2D eigenvalue weighted by atomic mass is 79.9. The standard InChI is InChI=1S/C9H10BrNO/c10-8-3-1-7(2-4-8)9-11-5-6-12-9/h1-4,9,11H,5-6H2. The smallest absolute Gasteiger partial charge is 0.134 e. The van der Waals surface area contributed by atoms with Crippen molar-refractivity contribution in [2.45, 2.75) is 6.23 Å². The molecule has 2 rings (SSSR count). The van der Waals surface area contributed by atoms with E-state index in [-0.39, 0.29) is 6.23 Å². The van der Waals surface area contributed by atoms with Crippen molar-refractivity contribution in [1.82, 2.24) is 5.32 Å². The van der Waals surface area contributed by atoms with E-state index in [2.05, 4.69) is 33.4 Å². The third-order valence-electron chi connectivity index (χ3n) is 1.89. The molecule has 1 aliphatic rings. The Hall–Kier alpha value is -0.380. The largest absolute Gasteiger partial charge is 0.358 e. The quantitative estimate of drug-likeness (QED) is 0.794. The zero-order chi connectivity index (χ0) is 8.39.